The summed E-state index contributed by atoms with van der Waals surface area (Å²) in [6.07, 6.45) is 0. The molecule has 0 saturated heterocycles. The molecule has 0 bridgehead atoms. The summed E-state index contributed by atoms with van der Waals surface area (Å²) in [6, 6.07) is 13.4. The summed E-state index contributed by atoms with van der Waals surface area (Å²) in [7, 11) is 1.88. The van der Waals surface area contributed by atoms with E-state index in [1.807, 2.05) is 25.2 Å². The van der Waals surface area contributed by atoms with E-state index >= 15 is 0 Å². The minimum atomic E-state index is 0.627. The predicted octanol–water partition coefficient (Wildman–Crippen LogP) is 4.74. The highest BCUT2D eigenvalue weighted by atomic mass is 35.5. The van der Waals surface area contributed by atoms with Crippen molar-refractivity contribution in [3.8, 4) is 6.07 Å². The van der Waals surface area contributed by atoms with Crippen LogP contribution in [-0.2, 0) is 6.54 Å². The molecule has 102 valence electrons. The molecule has 5 heteroatoms. The summed E-state index contributed by atoms with van der Waals surface area (Å²) in [5.41, 5.74) is 1.71. The minimum absolute atomic E-state index is 0.627. The van der Waals surface area contributed by atoms with E-state index in [9.17, 15) is 5.26 Å². The highest BCUT2D eigenvalue weighted by Crippen LogP contribution is 2.36. The van der Waals surface area contributed by atoms with Gasteiger partial charge in [0.2, 0.25) is 0 Å². The second-order valence-electron chi connectivity index (χ2n) is 4.15. The van der Waals surface area contributed by atoms with Crippen molar-refractivity contribution in [2.75, 3.05) is 7.05 Å². The molecule has 0 atom stereocenters. The first-order valence-electron chi connectivity index (χ1n) is 5.94. The molecule has 2 nitrogen and oxygen atoms in total. The van der Waals surface area contributed by atoms with Crippen molar-refractivity contribution >= 4 is 35.0 Å². The number of nitriles is 1. The average molecular weight is 323 g/mol. The van der Waals surface area contributed by atoms with Gasteiger partial charge in [0.15, 0.2) is 0 Å². The van der Waals surface area contributed by atoms with Crippen LogP contribution in [0, 0.1) is 11.3 Å². The highest BCUT2D eigenvalue weighted by molar-refractivity contribution is 7.99. The van der Waals surface area contributed by atoms with Crippen molar-refractivity contribution in [1.29, 1.82) is 5.26 Å². The molecule has 1 N–H and O–H groups in total. The van der Waals surface area contributed by atoms with Gasteiger partial charge in [-0.3, -0.25) is 0 Å². The Hall–Kier alpha value is -1.18. The van der Waals surface area contributed by atoms with Gasteiger partial charge in [-0.2, -0.15) is 5.26 Å². The fraction of sp³-hybridized carbons (Fsp3) is 0.133. The van der Waals surface area contributed by atoms with E-state index < -0.39 is 0 Å². The maximum Gasteiger partial charge on any atom is 0.100 e. The van der Waals surface area contributed by atoms with Crippen molar-refractivity contribution in [3.05, 3.63) is 57.6 Å². The van der Waals surface area contributed by atoms with E-state index in [0.29, 0.717) is 15.6 Å². The van der Waals surface area contributed by atoms with Crippen LogP contribution in [0.5, 0.6) is 0 Å². The molecule has 2 aromatic rings. The molecule has 0 saturated carbocycles. The van der Waals surface area contributed by atoms with Crippen LogP contribution < -0.4 is 5.32 Å². The Labute approximate surface area is 132 Å². The number of halogens is 2. The van der Waals surface area contributed by atoms with Gasteiger partial charge in [0.25, 0.3) is 0 Å². The van der Waals surface area contributed by atoms with Gasteiger partial charge in [-0.15, -0.1) is 0 Å². The van der Waals surface area contributed by atoms with Gasteiger partial charge >= 0.3 is 0 Å². The van der Waals surface area contributed by atoms with Crippen LogP contribution in [-0.4, -0.2) is 7.05 Å². The molecule has 0 amide bonds. The molecule has 0 radical (unpaired) electrons. The van der Waals surface area contributed by atoms with E-state index in [1.54, 1.807) is 18.2 Å². The zero-order valence-electron chi connectivity index (χ0n) is 10.8. The summed E-state index contributed by atoms with van der Waals surface area (Å²) in [6.45, 7) is 0.734. The molecule has 2 rings (SSSR count). The zero-order valence-corrected chi connectivity index (χ0v) is 13.1. The largest absolute Gasteiger partial charge is 0.316 e. The van der Waals surface area contributed by atoms with E-state index in [0.717, 1.165) is 21.9 Å². The van der Waals surface area contributed by atoms with Gasteiger partial charge in [0, 0.05) is 21.4 Å². The summed E-state index contributed by atoms with van der Waals surface area (Å²) in [5.74, 6) is 0. The number of hydrogen-bond donors (Lipinski definition) is 1. The van der Waals surface area contributed by atoms with Gasteiger partial charge in [0.1, 0.15) is 6.07 Å². The van der Waals surface area contributed by atoms with Crippen molar-refractivity contribution in [2.24, 2.45) is 0 Å². The Kier molecular flexibility index (Phi) is 5.33. The van der Waals surface area contributed by atoms with Crippen LogP contribution in [0.25, 0.3) is 0 Å². The van der Waals surface area contributed by atoms with Gasteiger partial charge in [-0.1, -0.05) is 41.0 Å². The molecule has 0 fully saturated rings. The van der Waals surface area contributed by atoms with E-state index in [1.165, 1.54) is 11.8 Å². The Morgan fingerprint density at radius 1 is 1.15 bits per heavy atom. The molecular weight excluding hydrogens is 311 g/mol. The van der Waals surface area contributed by atoms with Crippen molar-refractivity contribution in [2.45, 2.75) is 16.3 Å². The molecule has 0 aliphatic rings. The molecule has 0 heterocycles. The molecule has 20 heavy (non-hydrogen) atoms. The summed E-state index contributed by atoms with van der Waals surface area (Å²) in [4.78, 5) is 1.72. The third kappa shape index (κ3) is 3.68. The predicted molar refractivity (Wildman–Crippen MR) is 84.5 cm³/mol. The van der Waals surface area contributed by atoms with Gasteiger partial charge < -0.3 is 5.32 Å². The first kappa shape index (κ1) is 15.2. The molecule has 0 spiro atoms. The van der Waals surface area contributed by atoms with Crippen molar-refractivity contribution in [1.82, 2.24) is 5.32 Å². The van der Waals surface area contributed by atoms with E-state index in [2.05, 4.69) is 11.4 Å². The summed E-state index contributed by atoms with van der Waals surface area (Å²) >= 11 is 13.6. The number of nitrogens with zero attached hydrogens (tertiary/aromatic N) is 1. The fourth-order valence-electron chi connectivity index (χ4n) is 1.74. The van der Waals surface area contributed by atoms with Crippen LogP contribution >= 0.6 is 35.0 Å². The Balaban J connectivity index is 2.34. The van der Waals surface area contributed by atoms with Crippen LogP contribution in [0.1, 0.15) is 11.1 Å². The first-order valence-corrected chi connectivity index (χ1v) is 7.52. The Morgan fingerprint density at radius 2 is 1.95 bits per heavy atom. The summed E-state index contributed by atoms with van der Waals surface area (Å²) in [5, 5.41) is 13.6. The number of nitrogens with one attached hydrogen (secondary N) is 1. The SMILES string of the molecule is CNCc1ccc(Sc2cc(Cl)ccc2Cl)c(C#N)c1. The van der Waals surface area contributed by atoms with Crippen LogP contribution in [0.2, 0.25) is 10.0 Å². The average Bonchev–Trinajstić information content (AvgIpc) is 2.44. The zero-order chi connectivity index (χ0) is 14.5. The summed E-state index contributed by atoms with van der Waals surface area (Å²) < 4.78 is 0. The van der Waals surface area contributed by atoms with Crippen LogP contribution in [0.15, 0.2) is 46.2 Å². The van der Waals surface area contributed by atoms with Gasteiger partial charge in [-0.05, 0) is 42.9 Å². The number of rotatable bonds is 4. The second-order valence-corrected chi connectivity index (χ2v) is 6.08. The lowest BCUT2D eigenvalue weighted by molar-refractivity contribution is 0.816. The van der Waals surface area contributed by atoms with Gasteiger partial charge in [0.05, 0.1) is 10.6 Å². The Morgan fingerprint density at radius 3 is 2.65 bits per heavy atom. The van der Waals surface area contributed by atoms with Gasteiger partial charge in [-0.25, -0.2) is 0 Å². The van der Waals surface area contributed by atoms with Crippen LogP contribution in [0.4, 0.5) is 0 Å². The van der Waals surface area contributed by atoms with E-state index in [-0.39, 0.29) is 0 Å². The van der Waals surface area contributed by atoms with Crippen molar-refractivity contribution in [3.63, 3.8) is 0 Å². The molecule has 0 aromatic heterocycles. The normalized spacial score (nSPS) is 10.3. The smallest absolute Gasteiger partial charge is 0.100 e. The highest BCUT2D eigenvalue weighted by Gasteiger charge is 2.09. The van der Waals surface area contributed by atoms with Crippen molar-refractivity contribution < 1.29 is 0 Å². The number of benzene rings is 2. The first-order chi connectivity index (χ1) is 9.63. The standard InChI is InChI=1S/C15H12Cl2N2S/c1-19-9-10-2-5-14(11(6-10)8-18)20-15-7-12(16)3-4-13(15)17/h2-7,19H,9H2,1H3. The third-order valence-corrected chi connectivity index (χ3v) is 4.47. The number of hydrogen-bond acceptors (Lipinski definition) is 3. The fourth-order valence-corrected chi connectivity index (χ4v) is 3.15. The molecule has 2 aromatic carbocycles. The third-order valence-electron chi connectivity index (χ3n) is 2.66. The lowest BCUT2D eigenvalue weighted by Crippen LogP contribution is -2.05. The topological polar surface area (TPSA) is 35.8 Å². The monoisotopic (exact) mass is 322 g/mol. The maximum absolute atomic E-state index is 9.27. The lowest BCUT2D eigenvalue weighted by Gasteiger charge is -2.08. The van der Waals surface area contributed by atoms with E-state index in [4.69, 9.17) is 23.2 Å². The van der Waals surface area contributed by atoms with Crippen LogP contribution in [0.3, 0.4) is 0 Å². The minimum Gasteiger partial charge on any atom is -0.316 e. The second kappa shape index (κ2) is 7.01. The maximum atomic E-state index is 9.27. The quantitative estimate of drug-likeness (QED) is 0.883. The lowest BCUT2D eigenvalue weighted by atomic mass is 10.1. The molecule has 0 unspecified atom stereocenters. The molecular formula is C15H12Cl2N2S. The molecule has 0 aliphatic carbocycles. The molecule has 0 aliphatic heterocycles. The Bertz CT molecular complexity index is 665.